The average molecular weight is 378 g/mol. The van der Waals surface area contributed by atoms with Crippen molar-refractivity contribution in [1.29, 1.82) is 0 Å². The van der Waals surface area contributed by atoms with Gasteiger partial charge in [0.05, 0.1) is 0 Å². The maximum atomic E-state index is 11.9. The van der Waals surface area contributed by atoms with E-state index in [0.29, 0.717) is 11.7 Å². The van der Waals surface area contributed by atoms with Crippen molar-refractivity contribution in [3.05, 3.63) is 0 Å². The zero-order chi connectivity index (χ0) is 19.2. The Kier molecular flexibility index (Phi) is 8.16. The minimum absolute atomic E-state index is 0.354. The summed E-state index contributed by atoms with van der Waals surface area (Å²) >= 11 is 0. The summed E-state index contributed by atoms with van der Waals surface area (Å²) in [5, 5.41) is 0. The highest BCUT2D eigenvalue weighted by Crippen LogP contribution is 2.27. The Balaban J connectivity index is 1.34. The summed E-state index contributed by atoms with van der Waals surface area (Å²) in [6.07, 6.45) is 9.67. The van der Waals surface area contributed by atoms with Crippen LogP contribution in [0.1, 0.15) is 72.1 Å². The maximum absolute atomic E-state index is 11.9. The molecule has 0 bridgehead atoms. The molecule has 3 fully saturated rings. The molecule has 0 saturated carbocycles. The molecule has 4 heteroatoms. The number of hydrogen-bond acceptors (Lipinski definition) is 4. The molecule has 0 aromatic rings. The predicted molar refractivity (Wildman–Crippen MR) is 113 cm³/mol. The van der Waals surface area contributed by atoms with E-state index in [9.17, 15) is 4.79 Å². The number of likely N-dealkylation sites (tertiary alicyclic amines) is 3. The van der Waals surface area contributed by atoms with Crippen molar-refractivity contribution in [1.82, 2.24) is 14.7 Å². The molecule has 0 aromatic carbocycles. The number of carbonyl (C=O) groups excluding carboxylic acids is 1. The van der Waals surface area contributed by atoms with Crippen molar-refractivity contribution in [2.75, 3.05) is 45.8 Å². The Morgan fingerprint density at radius 1 is 0.815 bits per heavy atom. The molecule has 0 amide bonds. The monoisotopic (exact) mass is 377 g/mol. The highest BCUT2D eigenvalue weighted by atomic mass is 16.1. The van der Waals surface area contributed by atoms with Crippen molar-refractivity contribution in [3.8, 4) is 0 Å². The summed E-state index contributed by atoms with van der Waals surface area (Å²) in [4.78, 5) is 20.1. The number of carbonyl (C=O) groups is 1. The van der Waals surface area contributed by atoms with Gasteiger partial charge in [0.15, 0.2) is 0 Å². The van der Waals surface area contributed by atoms with E-state index in [0.717, 1.165) is 50.4 Å². The second kappa shape index (κ2) is 10.4. The molecule has 0 radical (unpaired) electrons. The van der Waals surface area contributed by atoms with Gasteiger partial charge in [-0.1, -0.05) is 20.8 Å². The summed E-state index contributed by atoms with van der Waals surface area (Å²) in [5.41, 5.74) is 0. The second-order valence-corrected chi connectivity index (χ2v) is 9.65. The van der Waals surface area contributed by atoms with Gasteiger partial charge >= 0.3 is 0 Å². The molecule has 4 nitrogen and oxygen atoms in total. The smallest absolute Gasteiger partial charge is 0.135 e. The van der Waals surface area contributed by atoms with E-state index in [1.165, 1.54) is 64.8 Å². The van der Waals surface area contributed by atoms with Gasteiger partial charge in [0.1, 0.15) is 5.78 Å². The van der Waals surface area contributed by atoms with Gasteiger partial charge in [0.2, 0.25) is 0 Å². The maximum Gasteiger partial charge on any atom is 0.135 e. The minimum Gasteiger partial charge on any atom is -0.303 e. The number of nitrogens with zero attached hydrogens (tertiary/aromatic N) is 3. The molecule has 3 aliphatic heterocycles. The third-order valence-electron chi connectivity index (χ3n) is 7.44. The van der Waals surface area contributed by atoms with Crippen LogP contribution in [0.3, 0.4) is 0 Å². The van der Waals surface area contributed by atoms with E-state index in [4.69, 9.17) is 0 Å². The van der Waals surface area contributed by atoms with Crippen LogP contribution < -0.4 is 0 Å². The van der Waals surface area contributed by atoms with Crippen molar-refractivity contribution in [3.63, 3.8) is 0 Å². The van der Waals surface area contributed by atoms with Crippen LogP contribution in [0.15, 0.2) is 0 Å². The van der Waals surface area contributed by atoms with Gasteiger partial charge in [0, 0.05) is 24.4 Å². The van der Waals surface area contributed by atoms with Gasteiger partial charge in [-0.2, -0.15) is 0 Å². The summed E-state index contributed by atoms with van der Waals surface area (Å²) in [6, 6.07) is 1.60. The molecule has 3 heterocycles. The normalized spacial score (nSPS) is 26.1. The Morgan fingerprint density at radius 3 is 1.78 bits per heavy atom. The number of Topliss-reactive ketones (excluding diaryl/α,β-unsaturated/α-hetero) is 1. The van der Waals surface area contributed by atoms with Crippen molar-refractivity contribution in [2.24, 2.45) is 11.8 Å². The first-order valence-electron chi connectivity index (χ1n) is 11.8. The van der Waals surface area contributed by atoms with Crippen LogP contribution >= 0.6 is 0 Å². The quantitative estimate of drug-likeness (QED) is 0.677. The van der Waals surface area contributed by atoms with E-state index in [1.807, 2.05) is 6.92 Å². The van der Waals surface area contributed by atoms with Crippen LogP contribution in [0.25, 0.3) is 0 Å². The molecule has 3 rings (SSSR count). The molecule has 27 heavy (non-hydrogen) atoms. The van der Waals surface area contributed by atoms with E-state index >= 15 is 0 Å². The van der Waals surface area contributed by atoms with Crippen LogP contribution in [0.5, 0.6) is 0 Å². The van der Waals surface area contributed by atoms with Gasteiger partial charge in [-0.05, 0) is 96.7 Å². The first-order valence-corrected chi connectivity index (χ1v) is 11.8. The number of ketones is 1. The van der Waals surface area contributed by atoms with Gasteiger partial charge in [-0.15, -0.1) is 0 Å². The molecule has 3 aliphatic rings. The van der Waals surface area contributed by atoms with Crippen LogP contribution in [0, 0.1) is 11.8 Å². The Bertz CT molecular complexity index is 443. The largest absolute Gasteiger partial charge is 0.303 e. The first kappa shape index (κ1) is 21.3. The van der Waals surface area contributed by atoms with Crippen LogP contribution in [-0.4, -0.2) is 78.4 Å². The number of hydrogen-bond donors (Lipinski definition) is 0. The third kappa shape index (κ3) is 6.01. The minimum atomic E-state index is 0.354. The number of rotatable bonds is 7. The van der Waals surface area contributed by atoms with E-state index in [-0.39, 0.29) is 0 Å². The third-order valence-corrected chi connectivity index (χ3v) is 7.44. The van der Waals surface area contributed by atoms with Crippen LogP contribution in [0.2, 0.25) is 0 Å². The second-order valence-electron chi connectivity index (χ2n) is 9.65. The lowest BCUT2D eigenvalue weighted by Gasteiger charge is -2.45. The topological polar surface area (TPSA) is 26.8 Å². The Hall–Kier alpha value is -0.450. The van der Waals surface area contributed by atoms with E-state index in [2.05, 4.69) is 28.5 Å². The summed E-state index contributed by atoms with van der Waals surface area (Å²) in [5.74, 6) is 1.67. The average Bonchev–Trinajstić information content (AvgIpc) is 2.72. The summed E-state index contributed by atoms with van der Waals surface area (Å²) in [7, 11) is 0. The molecular weight excluding hydrogens is 334 g/mol. The van der Waals surface area contributed by atoms with E-state index < -0.39 is 0 Å². The fourth-order valence-corrected chi connectivity index (χ4v) is 5.44. The summed E-state index contributed by atoms with van der Waals surface area (Å²) < 4.78 is 0. The van der Waals surface area contributed by atoms with Crippen LogP contribution in [-0.2, 0) is 4.79 Å². The zero-order valence-electron chi connectivity index (χ0n) is 18.2. The van der Waals surface area contributed by atoms with Crippen molar-refractivity contribution in [2.45, 2.75) is 84.2 Å². The van der Waals surface area contributed by atoms with Gasteiger partial charge in [-0.3, -0.25) is 4.79 Å². The lowest BCUT2D eigenvalue weighted by Crippen LogP contribution is -2.52. The summed E-state index contributed by atoms with van der Waals surface area (Å²) in [6.45, 7) is 15.5. The Morgan fingerprint density at radius 2 is 1.30 bits per heavy atom. The standard InChI is InChI=1S/C23H43N3O/c1-4-23(27)20-6-15-25(16-7-20)22-10-17-26(18-11-22)21-8-13-24(14-9-21)12-5-19(2)3/h19-22H,4-18H2,1-3H3. The van der Waals surface area contributed by atoms with E-state index in [1.54, 1.807) is 0 Å². The molecule has 156 valence electrons. The SMILES string of the molecule is CCC(=O)C1CCN(C2CCN(C3CCN(CCC(C)C)CC3)CC2)CC1. The van der Waals surface area contributed by atoms with Crippen molar-refractivity contribution >= 4 is 5.78 Å². The van der Waals surface area contributed by atoms with Crippen LogP contribution in [0.4, 0.5) is 0 Å². The molecule has 0 N–H and O–H groups in total. The molecule has 0 spiro atoms. The van der Waals surface area contributed by atoms with Crippen molar-refractivity contribution < 1.29 is 4.79 Å². The Labute approximate surface area is 167 Å². The molecular formula is C23H43N3O. The lowest BCUT2D eigenvalue weighted by molar-refractivity contribution is -0.124. The fraction of sp³-hybridized carbons (Fsp3) is 0.957. The molecule has 0 aliphatic carbocycles. The fourth-order valence-electron chi connectivity index (χ4n) is 5.44. The molecule has 3 saturated heterocycles. The lowest BCUT2D eigenvalue weighted by atomic mass is 9.89. The molecule has 0 unspecified atom stereocenters. The van der Waals surface area contributed by atoms with Gasteiger partial charge in [0.25, 0.3) is 0 Å². The zero-order valence-corrected chi connectivity index (χ0v) is 18.2. The first-order chi connectivity index (χ1) is 13.1. The van der Waals surface area contributed by atoms with Gasteiger partial charge in [-0.25, -0.2) is 0 Å². The number of piperidine rings is 3. The molecule has 0 atom stereocenters. The molecule has 0 aromatic heterocycles. The van der Waals surface area contributed by atoms with Gasteiger partial charge < -0.3 is 14.7 Å². The highest BCUT2D eigenvalue weighted by Gasteiger charge is 2.32. The highest BCUT2D eigenvalue weighted by molar-refractivity contribution is 5.80. The predicted octanol–water partition coefficient (Wildman–Crippen LogP) is 3.65.